The van der Waals surface area contributed by atoms with Crippen molar-refractivity contribution in [2.45, 2.75) is 46.5 Å². The number of sulfonamides is 1. The molecule has 0 saturated carbocycles. The number of rotatable bonds is 12. The van der Waals surface area contributed by atoms with Gasteiger partial charge in [0.15, 0.2) is 0 Å². The molecule has 0 aliphatic rings. The SMILES string of the molecule is CCCc1ccc(OCCNC(=O)CCCN(c2cccc(C)c2C)S(C)(=O)=O)cc1. The van der Waals surface area contributed by atoms with Gasteiger partial charge in [-0.05, 0) is 61.6 Å². The van der Waals surface area contributed by atoms with Gasteiger partial charge >= 0.3 is 0 Å². The maximum Gasteiger partial charge on any atom is 0.232 e. The minimum atomic E-state index is -3.43. The van der Waals surface area contributed by atoms with E-state index in [1.165, 1.54) is 16.1 Å². The maximum absolute atomic E-state index is 12.3. The molecule has 0 fully saturated rings. The summed E-state index contributed by atoms with van der Waals surface area (Å²) in [6.45, 7) is 7.06. The van der Waals surface area contributed by atoms with Crippen LogP contribution in [0, 0.1) is 13.8 Å². The van der Waals surface area contributed by atoms with Gasteiger partial charge in [0.1, 0.15) is 12.4 Å². The molecule has 2 aromatic carbocycles. The van der Waals surface area contributed by atoms with Gasteiger partial charge in [0, 0.05) is 13.0 Å². The van der Waals surface area contributed by atoms with Gasteiger partial charge in [0.25, 0.3) is 0 Å². The van der Waals surface area contributed by atoms with E-state index in [9.17, 15) is 13.2 Å². The molecule has 0 atom stereocenters. The van der Waals surface area contributed by atoms with E-state index in [0.29, 0.717) is 25.3 Å². The zero-order chi connectivity index (χ0) is 22.9. The Kier molecular flexibility index (Phi) is 9.37. The second kappa shape index (κ2) is 11.7. The third-order valence-electron chi connectivity index (χ3n) is 5.17. The summed E-state index contributed by atoms with van der Waals surface area (Å²) in [5.74, 6) is 0.669. The van der Waals surface area contributed by atoms with Gasteiger partial charge in [0.2, 0.25) is 15.9 Å². The molecule has 0 bridgehead atoms. The van der Waals surface area contributed by atoms with Gasteiger partial charge in [-0.2, -0.15) is 0 Å². The lowest BCUT2D eigenvalue weighted by Gasteiger charge is -2.24. The number of nitrogens with one attached hydrogen (secondary N) is 1. The van der Waals surface area contributed by atoms with Gasteiger partial charge < -0.3 is 10.1 Å². The number of hydrogen-bond donors (Lipinski definition) is 1. The summed E-state index contributed by atoms with van der Waals surface area (Å²) in [6.07, 6.45) is 4.05. The average molecular weight is 447 g/mol. The Bertz CT molecular complexity index is 956. The van der Waals surface area contributed by atoms with Crippen molar-refractivity contribution in [2.24, 2.45) is 0 Å². The predicted octanol–water partition coefficient (Wildman–Crippen LogP) is 4.00. The van der Waals surface area contributed by atoms with Crippen molar-refractivity contribution >= 4 is 21.6 Å². The lowest BCUT2D eigenvalue weighted by Crippen LogP contribution is -2.33. The summed E-state index contributed by atoms with van der Waals surface area (Å²) in [6, 6.07) is 13.6. The van der Waals surface area contributed by atoms with Gasteiger partial charge in [-0.3, -0.25) is 9.10 Å². The smallest absolute Gasteiger partial charge is 0.232 e. The monoisotopic (exact) mass is 446 g/mol. The number of amides is 1. The number of carbonyl (C=O) groups is 1. The van der Waals surface area contributed by atoms with Gasteiger partial charge in [-0.15, -0.1) is 0 Å². The summed E-state index contributed by atoms with van der Waals surface area (Å²) in [5, 5.41) is 2.83. The summed E-state index contributed by atoms with van der Waals surface area (Å²) < 4.78 is 31.6. The number of ether oxygens (including phenoxy) is 1. The number of hydrogen-bond acceptors (Lipinski definition) is 4. The number of aryl methyl sites for hydroxylation is 2. The van der Waals surface area contributed by atoms with Gasteiger partial charge in [-0.1, -0.05) is 37.6 Å². The van der Waals surface area contributed by atoms with Gasteiger partial charge in [-0.25, -0.2) is 8.42 Å². The highest BCUT2D eigenvalue weighted by molar-refractivity contribution is 7.92. The lowest BCUT2D eigenvalue weighted by atomic mass is 10.1. The topological polar surface area (TPSA) is 75.7 Å². The van der Waals surface area contributed by atoms with E-state index in [0.717, 1.165) is 29.7 Å². The predicted molar refractivity (Wildman–Crippen MR) is 126 cm³/mol. The molecule has 170 valence electrons. The zero-order valence-electron chi connectivity index (χ0n) is 19.0. The first-order chi connectivity index (χ1) is 14.7. The van der Waals surface area contributed by atoms with Crippen LogP contribution in [0.15, 0.2) is 42.5 Å². The summed E-state index contributed by atoms with van der Waals surface area (Å²) in [4.78, 5) is 12.1. The molecule has 0 aliphatic heterocycles. The Hall–Kier alpha value is -2.54. The first-order valence-electron chi connectivity index (χ1n) is 10.7. The third kappa shape index (κ3) is 7.90. The van der Waals surface area contributed by atoms with Crippen LogP contribution in [0.25, 0.3) is 0 Å². The molecule has 0 radical (unpaired) electrons. The summed E-state index contributed by atoms with van der Waals surface area (Å²) in [7, 11) is -3.43. The first-order valence-corrected chi connectivity index (χ1v) is 12.6. The average Bonchev–Trinajstić information content (AvgIpc) is 2.72. The molecule has 2 rings (SSSR count). The molecule has 1 N–H and O–H groups in total. The normalized spacial score (nSPS) is 11.2. The first kappa shape index (κ1) is 24.7. The quantitative estimate of drug-likeness (QED) is 0.500. The van der Waals surface area contributed by atoms with Crippen molar-refractivity contribution in [3.8, 4) is 5.75 Å². The van der Waals surface area contributed by atoms with Crippen LogP contribution >= 0.6 is 0 Å². The van der Waals surface area contributed by atoms with E-state index < -0.39 is 10.0 Å². The number of carbonyl (C=O) groups excluding carboxylic acids is 1. The Balaban J connectivity index is 1.76. The minimum absolute atomic E-state index is 0.115. The molecule has 0 aliphatic carbocycles. The van der Waals surface area contributed by atoms with Crippen LogP contribution in [-0.2, 0) is 21.2 Å². The standard InChI is InChI=1S/C24H34N2O4S/c1-5-8-21-12-14-22(15-13-21)30-18-16-25-24(27)11-7-17-26(31(4,28)29)23-10-6-9-19(2)20(23)3/h6,9-10,12-15H,5,7-8,11,16-18H2,1-4H3,(H,25,27). The van der Waals surface area contributed by atoms with E-state index in [1.807, 2.05) is 38.1 Å². The molecule has 1 amide bonds. The van der Waals surface area contributed by atoms with Crippen molar-refractivity contribution < 1.29 is 17.9 Å². The van der Waals surface area contributed by atoms with Crippen LogP contribution in [0.5, 0.6) is 5.75 Å². The Morgan fingerprint density at radius 2 is 1.81 bits per heavy atom. The highest BCUT2D eigenvalue weighted by Gasteiger charge is 2.19. The van der Waals surface area contributed by atoms with Crippen LogP contribution in [-0.4, -0.2) is 40.3 Å². The van der Waals surface area contributed by atoms with E-state index in [2.05, 4.69) is 24.4 Å². The Labute approximate surface area is 186 Å². The maximum atomic E-state index is 12.3. The lowest BCUT2D eigenvalue weighted by molar-refractivity contribution is -0.121. The van der Waals surface area contributed by atoms with E-state index >= 15 is 0 Å². The Morgan fingerprint density at radius 1 is 1.10 bits per heavy atom. The van der Waals surface area contributed by atoms with E-state index in [4.69, 9.17) is 4.74 Å². The molecule has 0 saturated heterocycles. The van der Waals surface area contributed by atoms with Crippen molar-refractivity contribution in [1.82, 2.24) is 5.32 Å². The molecule has 0 unspecified atom stereocenters. The van der Waals surface area contributed by atoms with Crippen LogP contribution < -0.4 is 14.4 Å². The second-order valence-electron chi connectivity index (χ2n) is 7.75. The molecule has 2 aromatic rings. The molecule has 0 aromatic heterocycles. The molecule has 31 heavy (non-hydrogen) atoms. The Morgan fingerprint density at radius 3 is 2.45 bits per heavy atom. The van der Waals surface area contributed by atoms with Crippen LogP contribution in [0.1, 0.15) is 42.9 Å². The van der Waals surface area contributed by atoms with Crippen LogP contribution in [0.2, 0.25) is 0 Å². The van der Waals surface area contributed by atoms with Gasteiger partial charge in [0.05, 0.1) is 18.5 Å². The number of nitrogens with zero attached hydrogens (tertiary/aromatic N) is 1. The highest BCUT2D eigenvalue weighted by atomic mass is 32.2. The zero-order valence-corrected chi connectivity index (χ0v) is 19.8. The molecular weight excluding hydrogens is 412 g/mol. The molecule has 6 nitrogen and oxygen atoms in total. The van der Waals surface area contributed by atoms with Crippen LogP contribution in [0.4, 0.5) is 5.69 Å². The van der Waals surface area contributed by atoms with Crippen LogP contribution in [0.3, 0.4) is 0 Å². The van der Waals surface area contributed by atoms with Crippen molar-refractivity contribution in [1.29, 1.82) is 0 Å². The minimum Gasteiger partial charge on any atom is -0.492 e. The summed E-state index contributed by atoms with van der Waals surface area (Å²) >= 11 is 0. The van der Waals surface area contributed by atoms with Crippen molar-refractivity contribution in [3.05, 3.63) is 59.2 Å². The molecule has 0 spiro atoms. The third-order valence-corrected chi connectivity index (χ3v) is 6.35. The molecular formula is C24H34N2O4S. The fraction of sp³-hybridized carbons (Fsp3) is 0.458. The van der Waals surface area contributed by atoms with E-state index in [-0.39, 0.29) is 18.9 Å². The fourth-order valence-electron chi connectivity index (χ4n) is 3.34. The van der Waals surface area contributed by atoms with Crippen molar-refractivity contribution in [2.75, 3.05) is 30.3 Å². The highest BCUT2D eigenvalue weighted by Crippen LogP contribution is 2.25. The summed E-state index contributed by atoms with van der Waals surface area (Å²) in [5.41, 5.74) is 3.91. The molecule has 0 heterocycles. The number of benzene rings is 2. The van der Waals surface area contributed by atoms with Crippen molar-refractivity contribution in [3.63, 3.8) is 0 Å². The number of anilines is 1. The largest absolute Gasteiger partial charge is 0.492 e. The second-order valence-corrected chi connectivity index (χ2v) is 9.66. The fourth-order valence-corrected chi connectivity index (χ4v) is 4.36. The molecule has 7 heteroatoms. The van der Waals surface area contributed by atoms with E-state index in [1.54, 1.807) is 6.07 Å².